The topological polar surface area (TPSA) is 130 Å². The van der Waals surface area contributed by atoms with E-state index in [9.17, 15) is 14.9 Å². The van der Waals surface area contributed by atoms with Crippen molar-refractivity contribution in [1.29, 1.82) is 0 Å². The smallest absolute Gasteiger partial charge is 0.284 e. The Morgan fingerprint density at radius 2 is 2.25 bits per heavy atom. The van der Waals surface area contributed by atoms with Gasteiger partial charge in [0.25, 0.3) is 5.69 Å². The van der Waals surface area contributed by atoms with Crippen LogP contribution in [-0.4, -0.2) is 31.0 Å². The SMILES string of the molecule is NC(=O)c1ccc(Sc2nnnn2Cc2cccs2)c([N+](=O)[O-])c1. The number of amides is 1. The number of thiophene rings is 1. The highest BCUT2D eigenvalue weighted by Gasteiger charge is 2.20. The second-order valence-corrected chi connectivity index (χ2v) is 6.65. The molecule has 3 rings (SSSR count). The highest BCUT2D eigenvalue weighted by molar-refractivity contribution is 7.99. The Kier molecular flexibility index (Phi) is 4.53. The minimum absolute atomic E-state index is 0.0734. The Hall–Kier alpha value is -2.79. The van der Waals surface area contributed by atoms with Crippen molar-refractivity contribution in [1.82, 2.24) is 20.2 Å². The summed E-state index contributed by atoms with van der Waals surface area (Å²) in [5.41, 5.74) is 5.02. The molecule has 0 aliphatic rings. The van der Waals surface area contributed by atoms with Gasteiger partial charge in [0.1, 0.15) is 0 Å². The summed E-state index contributed by atoms with van der Waals surface area (Å²) in [5, 5.41) is 25.0. The van der Waals surface area contributed by atoms with E-state index in [0.29, 0.717) is 16.6 Å². The summed E-state index contributed by atoms with van der Waals surface area (Å²) >= 11 is 2.62. The first-order valence-corrected chi connectivity index (χ1v) is 8.29. The van der Waals surface area contributed by atoms with E-state index in [0.717, 1.165) is 22.7 Å². The number of nitro benzene ring substituents is 1. The lowest BCUT2D eigenvalue weighted by molar-refractivity contribution is -0.387. The quantitative estimate of drug-likeness (QED) is 0.524. The third kappa shape index (κ3) is 3.41. The van der Waals surface area contributed by atoms with Gasteiger partial charge in [-0.1, -0.05) is 6.07 Å². The van der Waals surface area contributed by atoms with Gasteiger partial charge in [0, 0.05) is 16.5 Å². The fourth-order valence-electron chi connectivity index (χ4n) is 1.92. The van der Waals surface area contributed by atoms with Gasteiger partial charge in [-0.25, -0.2) is 4.68 Å². The summed E-state index contributed by atoms with van der Waals surface area (Å²) < 4.78 is 1.56. The number of benzene rings is 1. The summed E-state index contributed by atoms with van der Waals surface area (Å²) in [6.07, 6.45) is 0. The van der Waals surface area contributed by atoms with Crippen LogP contribution in [0, 0.1) is 10.1 Å². The number of aromatic nitrogens is 4. The lowest BCUT2D eigenvalue weighted by atomic mass is 10.2. The summed E-state index contributed by atoms with van der Waals surface area (Å²) in [7, 11) is 0. The van der Waals surface area contributed by atoms with Gasteiger partial charge in [0.2, 0.25) is 11.1 Å². The highest BCUT2D eigenvalue weighted by Crippen LogP contribution is 2.34. The summed E-state index contributed by atoms with van der Waals surface area (Å²) in [6, 6.07) is 7.92. The lowest BCUT2D eigenvalue weighted by Gasteiger charge is -2.05. The zero-order chi connectivity index (χ0) is 17.1. The number of primary amides is 1. The van der Waals surface area contributed by atoms with E-state index in [-0.39, 0.29) is 11.3 Å². The van der Waals surface area contributed by atoms with Crippen molar-refractivity contribution in [3.63, 3.8) is 0 Å². The number of hydrogen-bond donors (Lipinski definition) is 1. The van der Waals surface area contributed by atoms with E-state index in [4.69, 9.17) is 5.73 Å². The number of hydrogen-bond acceptors (Lipinski definition) is 8. The lowest BCUT2D eigenvalue weighted by Crippen LogP contribution is -2.11. The van der Waals surface area contributed by atoms with E-state index < -0.39 is 10.8 Å². The maximum Gasteiger partial charge on any atom is 0.284 e. The Bertz CT molecular complexity index is 893. The molecule has 2 N–H and O–H groups in total. The molecule has 3 aromatic rings. The summed E-state index contributed by atoms with van der Waals surface area (Å²) in [5.74, 6) is -0.725. The van der Waals surface area contributed by atoms with Crippen molar-refractivity contribution in [2.45, 2.75) is 16.6 Å². The van der Waals surface area contributed by atoms with E-state index in [2.05, 4.69) is 15.5 Å². The Morgan fingerprint density at radius 1 is 1.42 bits per heavy atom. The molecule has 1 amide bonds. The Labute approximate surface area is 143 Å². The van der Waals surface area contributed by atoms with Gasteiger partial charge in [-0.3, -0.25) is 14.9 Å². The third-order valence-corrected chi connectivity index (χ3v) is 4.93. The molecule has 0 saturated carbocycles. The first kappa shape index (κ1) is 16.1. The van der Waals surface area contributed by atoms with Gasteiger partial charge in [-0.15, -0.1) is 16.4 Å². The van der Waals surface area contributed by atoms with Crippen molar-refractivity contribution in [3.8, 4) is 0 Å². The molecule has 0 unspecified atom stereocenters. The maximum atomic E-state index is 11.2. The van der Waals surface area contributed by atoms with Crippen LogP contribution in [0.3, 0.4) is 0 Å². The molecule has 2 aromatic heterocycles. The molecule has 9 nitrogen and oxygen atoms in total. The van der Waals surface area contributed by atoms with Crippen LogP contribution in [0.15, 0.2) is 45.8 Å². The molecule has 24 heavy (non-hydrogen) atoms. The molecule has 11 heteroatoms. The first-order chi connectivity index (χ1) is 11.5. The third-order valence-electron chi connectivity index (χ3n) is 3.03. The summed E-state index contributed by atoms with van der Waals surface area (Å²) in [4.78, 5) is 23.3. The van der Waals surface area contributed by atoms with Crippen LogP contribution >= 0.6 is 23.1 Å². The van der Waals surface area contributed by atoms with Gasteiger partial charge in [0.15, 0.2) is 0 Å². The molecule has 0 bridgehead atoms. The predicted octanol–water partition coefficient (Wildman–Crippen LogP) is 1.94. The zero-order valence-electron chi connectivity index (χ0n) is 12.0. The van der Waals surface area contributed by atoms with Crippen LogP contribution in [0.4, 0.5) is 5.69 Å². The fourth-order valence-corrected chi connectivity index (χ4v) is 3.46. The average Bonchev–Trinajstić information content (AvgIpc) is 3.20. The normalized spacial score (nSPS) is 10.7. The minimum atomic E-state index is -0.725. The monoisotopic (exact) mass is 362 g/mol. The van der Waals surface area contributed by atoms with Crippen LogP contribution < -0.4 is 5.73 Å². The van der Waals surface area contributed by atoms with E-state index >= 15 is 0 Å². The number of nitrogens with two attached hydrogens (primary N) is 1. The molecule has 0 spiro atoms. The molecule has 0 aliphatic heterocycles. The Morgan fingerprint density at radius 3 is 2.92 bits per heavy atom. The minimum Gasteiger partial charge on any atom is -0.366 e. The van der Waals surface area contributed by atoms with Crippen LogP contribution in [0.5, 0.6) is 0 Å². The van der Waals surface area contributed by atoms with Gasteiger partial charge in [-0.2, -0.15) is 0 Å². The molecule has 0 fully saturated rings. The molecular weight excluding hydrogens is 352 g/mol. The fraction of sp³-hybridized carbons (Fsp3) is 0.0769. The number of rotatable bonds is 6. The Balaban J connectivity index is 1.90. The van der Waals surface area contributed by atoms with Crippen molar-refractivity contribution >= 4 is 34.7 Å². The molecule has 0 aliphatic carbocycles. The van der Waals surface area contributed by atoms with Crippen LogP contribution in [0.25, 0.3) is 0 Å². The number of nitro groups is 1. The number of carbonyl (C=O) groups is 1. The van der Waals surface area contributed by atoms with Gasteiger partial charge < -0.3 is 5.73 Å². The molecule has 0 saturated heterocycles. The van der Waals surface area contributed by atoms with Crippen LogP contribution in [0.2, 0.25) is 0 Å². The van der Waals surface area contributed by atoms with Crippen LogP contribution in [-0.2, 0) is 6.54 Å². The number of nitrogens with zero attached hydrogens (tertiary/aromatic N) is 5. The maximum absolute atomic E-state index is 11.2. The second-order valence-electron chi connectivity index (χ2n) is 4.60. The molecule has 0 radical (unpaired) electrons. The average molecular weight is 362 g/mol. The van der Waals surface area contributed by atoms with Crippen molar-refractivity contribution in [2.75, 3.05) is 0 Å². The highest BCUT2D eigenvalue weighted by atomic mass is 32.2. The second kappa shape index (κ2) is 6.76. The molecule has 1 aromatic carbocycles. The van der Waals surface area contributed by atoms with Crippen molar-refractivity contribution in [2.24, 2.45) is 5.73 Å². The van der Waals surface area contributed by atoms with Crippen LogP contribution in [0.1, 0.15) is 15.2 Å². The van der Waals surface area contributed by atoms with Gasteiger partial charge >= 0.3 is 0 Å². The van der Waals surface area contributed by atoms with Crippen molar-refractivity contribution in [3.05, 3.63) is 56.3 Å². The molecular formula is C13H10N6O3S2. The zero-order valence-corrected chi connectivity index (χ0v) is 13.7. The first-order valence-electron chi connectivity index (χ1n) is 6.59. The number of carbonyl (C=O) groups excluding carboxylic acids is 1. The van der Waals surface area contributed by atoms with Gasteiger partial charge in [0.05, 0.1) is 16.4 Å². The van der Waals surface area contributed by atoms with E-state index in [1.165, 1.54) is 12.1 Å². The number of tetrazole rings is 1. The largest absolute Gasteiger partial charge is 0.366 e. The standard InChI is InChI=1S/C13H10N6O3S2/c14-12(20)8-3-4-11(10(6-8)19(21)22)24-13-15-16-17-18(13)7-9-2-1-5-23-9/h1-6H,7H2,(H2,14,20). The predicted molar refractivity (Wildman–Crippen MR) is 87.0 cm³/mol. The van der Waals surface area contributed by atoms with Crippen molar-refractivity contribution < 1.29 is 9.72 Å². The molecule has 122 valence electrons. The molecule has 2 heterocycles. The summed E-state index contributed by atoms with van der Waals surface area (Å²) in [6.45, 7) is 0.472. The van der Waals surface area contributed by atoms with E-state index in [1.807, 2.05) is 17.5 Å². The molecule has 0 atom stereocenters. The van der Waals surface area contributed by atoms with E-state index in [1.54, 1.807) is 16.0 Å². The van der Waals surface area contributed by atoms with Gasteiger partial charge in [-0.05, 0) is 45.8 Å².